The summed E-state index contributed by atoms with van der Waals surface area (Å²) in [5, 5.41) is 6.50. The maximum atomic E-state index is 12.5. The highest BCUT2D eigenvalue weighted by Crippen LogP contribution is 2.26. The average molecular weight is 406 g/mol. The Morgan fingerprint density at radius 3 is 2.56 bits per heavy atom. The van der Waals surface area contributed by atoms with Gasteiger partial charge < -0.3 is 4.52 Å². The zero-order valence-electron chi connectivity index (χ0n) is 14.0. The molecule has 1 saturated heterocycles. The predicted molar refractivity (Wildman–Crippen MR) is 97.5 cm³/mol. The van der Waals surface area contributed by atoms with Gasteiger partial charge >= 0.3 is 0 Å². The van der Waals surface area contributed by atoms with Crippen molar-refractivity contribution < 1.29 is 14.1 Å². The van der Waals surface area contributed by atoms with E-state index in [1.807, 2.05) is 30.3 Å². The molecule has 0 atom stereocenters. The lowest BCUT2D eigenvalue weighted by molar-refractivity contribution is -0.117. The number of aromatic nitrogens is 1. The molecule has 7 heteroatoms. The number of anilines is 1. The number of benzene rings is 1. The zero-order chi connectivity index (χ0) is 17.8. The summed E-state index contributed by atoms with van der Waals surface area (Å²) in [6.45, 7) is 3.52. The van der Waals surface area contributed by atoms with Crippen molar-refractivity contribution in [1.29, 1.82) is 0 Å². The molecule has 0 bridgehead atoms. The highest BCUT2D eigenvalue weighted by molar-refractivity contribution is 9.10. The van der Waals surface area contributed by atoms with Crippen molar-refractivity contribution in [2.24, 2.45) is 5.92 Å². The highest BCUT2D eigenvalue weighted by atomic mass is 79.9. The predicted octanol–water partition coefficient (Wildman–Crippen LogP) is 3.28. The molecule has 0 unspecified atom stereocenters. The maximum Gasteiger partial charge on any atom is 0.245 e. The summed E-state index contributed by atoms with van der Waals surface area (Å²) in [6, 6.07) is 9.40. The molecule has 0 spiro atoms. The monoisotopic (exact) mass is 405 g/mol. The molecule has 25 heavy (non-hydrogen) atoms. The van der Waals surface area contributed by atoms with Gasteiger partial charge in [0.15, 0.2) is 5.78 Å². The van der Waals surface area contributed by atoms with Crippen LogP contribution in [-0.4, -0.2) is 41.4 Å². The lowest BCUT2D eigenvalue weighted by Gasteiger charge is -2.30. The van der Waals surface area contributed by atoms with Crippen LogP contribution in [0.1, 0.15) is 28.9 Å². The third kappa shape index (κ3) is 4.35. The standard InChI is InChI=1S/C18H20BrN3O3/c1-12-16(19)18(25-21-12)20-15(23)11-22-9-7-14(8-10-22)17(24)13-5-3-2-4-6-13/h2-6,14H,7-11H2,1H3,(H,20,23). The van der Waals surface area contributed by atoms with Gasteiger partial charge in [0.05, 0.1) is 12.2 Å². The van der Waals surface area contributed by atoms with Crippen molar-refractivity contribution in [1.82, 2.24) is 10.1 Å². The molecular formula is C18H20BrN3O3. The zero-order valence-corrected chi connectivity index (χ0v) is 15.6. The number of nitrogens with zero attached hydrogens (tertiary/aromatic N) is 2. The van der Waals surface area contributed by atoms with Gasteiger partial charge in [0, 0.05) is 11.5 Å². The first-order valence-corrected chi connectivity index (χ1v) is 9.07. The molecule has 1 aromatic carbocycles. The summed E-state index contributed by atoms with van der Waals surface area (Å²) in [6.07, 6.45) is 1.54. The third-order valence-electron chi connectivity index (χ3n) is 4.43. The van der Waals surface area contributed by atoms with Crippen molar-refractivity contribution in [2.45, 2.75) is 19.8 Å². The number of carbonyl (C=O) groups excluding carboxylic acids is 2. The molecule has 1 aromatic heterocycles. The van der Waals surface area contributed by atoms with Crippen LogP contribution >= 0.6 is 15.9 Å². The first-order chi connectivity index (χ1) is 12.0. The number of hydrogen-bond donors (Lipinski definition) is 1. The number of halogens is 1. The Kier molecular flexibility index (Phi) is 5.65. The summed E-state index contributed by atoms with van der Waals surface area (Å²) < 4.78 is 5.72. The maximum absolute atomic E-state index is 12.5. The van der Waals surface area contributed by atoms with Crippen LogP contribution in [0.5, 0.6) is 0 Å². The summed E-state index contributed by atoms with van der Waals surface area (Å²) in [5.41, 5.74) is 1.46. The molecule has 0 radical (unpaired) electrons. The molecule has 1 fully saturated rings. The number of ketones is 1. The molecule has 2 heterocycles. The molecule has 6 nitrogen and oxygen atoms in total. The average Bonchev–Trinajstić information content (AvgIpc) is 2.94. The quantitative estimate of drug-likeness (QED) is 0.772. The number of amides is 1. The Morgan fingerprint density at radius 1 is 1.28 bits per heavy atom. The highest BCUT2D eigenvalue weighted by Gasteiger charge is 2.26. The van der Waals surface area contributed by atoms with E-state index < -0.39 is 0 Å². The molecule has 0 aliphatic carbocycles. The minimum absolute atomic E-state index is 0.0350. The van der Waals surface area contributed by atoms with Crippen molar-refractivity contribution in [3.8, 4) is 0 Å². The van der Waals surface area contributed by atoms with Gasteiger partial charge in [-0.15, -0.1) is 0 Å². The first kappa shape index (κ1) is 17.8. The number of Topliss-reactive ketones (excluding diaryl/α,β-unsaturated/α-hetero) is 1. The second-order valence-corrected chi connectivity index (χ2v) is 7.03. The fourth-order valence-corrected chi connectivity index (χ4v) is 3.24. The molecule has 3 rings (SSSR count). The van der Waals surface area contributed by atoms with Gasteiger partial charge in [0.2, 0.25) is 11.8 Å². The van der Waals surface area contributed by atoms with E-state index in [9.17, 15) is 9.59 Å². The van der Waals surface area contributed by atoms with Gasteiger partial charge in [-0.3, -0.25) is 19.8 Å². The fourth-order valence-electron chi connectivity index (χ4n) is 3.00. The van der Waals surface area contributed by atoms with Crippen LogP contribution < -0.4 is 5.32 Å². The number of carbonyl (C=O) groups is 2. The Hall–Kier alpha value is -1.99. The molecule has 2 aromatic rings. The van der Waals surface area contributed by atoms with Crippen molar-refractivity contribution >= 4 is 33.5 Å². The number of hydrogen-bond acceptors (Lipinski definition) is 5. The Morgan fingerprint density at radius 2 is 1.96 bits per heavy atom. The smallest absolute Gasteiger partial charge is 0.245 e. The lowest BCUT2D eigenvalue weighted by atomic mass is 9.89. The lowest BCUT2D eigenvalue weighted by Crippen LogP contribution is -2.40. The number of nitrogens with one attached hydrogen (secondary N) is 1. The van der Waals surface area contributed by atoms with Crippen LogP contribution in [0.4, 0.5) is 5.88 Å². The third-order valence-corrected chi connectivity index (χ3v) is 5.36. The molecule has 0 saturated carbocycles. The van der Waals surface area contributed by atoms with Crippen LogP contribution in [0.15, 0.2) is 39.3 Å². The topological polar surface area (TPSA) is 75.4 Å². The van der Waals surface area contributed by atoms with E-state index in [1.54, 1.807) is 6.92 Å². The Labute approximate surface area is 154 Å². The first-order valence-electron chi connectivity index (χ1n) is 8.28. The van der Waals surface area contributed by atoms with Gasteiger partial charge in [0.1, 0.15) is 4.47 Å². The van der Waals surface area contributed by atoms with E-state index in [2.05, 4.69) is 31.3 Å². The molecule has 1 amide bonds. The number of likely N-dealkylation sites (tertiary alicyclic amines) is 1. The fraction of sp³-hybridized carbons (Fsp3) is 0.389. The second kappa shape index (κ2) is 7.93. The summed E-state index contributed by atoms with van der Waals surface area (Å²) in [7, 11) is 0. The SMILES string of the molecule is Cc1noc(NC(=O)CN2CCC(C(=O)c3ccccc3)CC2)c1Br. The van der Waals surface area contributed by atoms with Crippen molar-refractivity contribution in [3.63, 3.8) is 0 Å². The van der Waals surface area contributed by atoms with Gasteiger partial charge in [0.25, 0.3) is 0 Å². The van der Waals surface area contributed by atoms with E-state index >= 15 is 0 Å². The van der Waals surface area contributed by atoms with Crippen LogP contribution in [0.3, 0.4) is 0 Å². The van der Waals surface area contributed by atoms with E-state index in [0.29, 0.717) is 16.1 Å². The largest absolute Gasteiger partial charge is 0.337 e. The van der Waals surface area contributed by atoms with Gasteiger partial charge in [-0.25, -0.2) is 0 Å². The molecule has 1 aliphatic rings. The van der Waals surface area contributed by atoms with Gasteiger partial charge in [-0.1, -0.05) is 35.5 Å². The van der Waals surface area contributed by atoms with Crippen LogP contribution in [0, 0.1) is 12.8 Å². The summed E-state index contributed by atoms with van der Waals surface area (Å²) >= 11 is 3.33. The molecular weight excluding hydrogens is 386 g/mol. The van der Waals surface area contributed by atoms with E-state index in [1.165, 1.54) is 0 Å². The molecule has 1 aliphatic heterocycles. The van der Waals surface area contributed by atoms with Gasteiger partial charge in [-0.2, -0.15) is 0 Å². The Balaban J connectivity index is 1.48. The van der Waals surface area contributed by atoms with E-state index in [4.69, 9.17) is 4.52 Å². The van der Waals surface area contributed by atoms with Gasteiger partial charge in [-0.05, 0) is 48.8 Å². The molecule has 1 N–H and O–H groups in total. The normalized spacial score (nSPS) is 15.9. The molecule has 132 valence electrons. The Bertz CT molecular complexity index is 752. The van der Waals surface area contributed by atoms with Crippen LogP contribution in [-0.2, 0) is 4.79 Å². The summed E-state index contributed by atoms with van der Waals surface area (Å²) in [5.74, 6) is 0.417. The van der Waals surface area contributed by atoms with Crippen LogP contribution in [0.2, 0.25) is 0 Å². The summed E-state index contributed by atoms with van der Waals surface area (Å²) in [4.78, 5) is 26.7. The number of rotatable bonds is 5. The van der Waals surface area contributed by atoms with Crippen molar-refractivity contribution in [2.75, 3.05) is 25.0 Å². The second-order valence-electron chi connectivity index (χ2n) is 6.24. The van der Waals surface area contributed by atoms with E-state index in [-0.39, 0.29) is 24.2 Å². The van der Waals surface area contributed by atoms with Crippen LogP contribution in [0.25, 0.3) is 0 Å². The van der Waals surface area contributed by atoms with E-state index in [0.717, 1.165) is 31.5 Å². The van der Waals surface area contributed by atoms with Crippen molar-refractivity contribution in [3.05, 3.63) is 46.1 Å². The number of piperidine rings is 1. The number of aryl methyl sites for hydroxylation is 1. The minimum Gasteiger partial charge on any atom is -0.337 e. The minimum atomic E-state index is -0.148.